The summed E-state index contributed by atoms with van der Waals surface area (Å²) in [5.41, 5.74) is 3.12. The van der Waals surface area contributed by atoms with Gasteiger partial charge < -0.3 is 14.8 Å². The molecule has 1 N–H and O–H groups in total. The first-order chi connectivity index (χ1) is 15.9. The fraction of sp³-hybridized carbons (Fsp3) is 0.292. The molecule has 0 bridgehead atoms. The molecule has 0 atom stereocenters. The third kappa shape index (κ3) is 6.69. The second-order valence-corrected chi connectivity index (χ2v) is 8.44. The number of nitrogens with one attached hydrogen (secondary N) is 1. The minimum absolute atomic E-state index is 0.231. The molecule has 0 saturated heterocycles. The molecular formula is C24H25N3O5S. The quantitative estimate of drug-likeness (QED) is 0.370. The maximum absolute atomic E-state index is 12.4. The van der Waals surface area contributed by atoms with Crippen molar-refractivity contribution in [3.63, 3.8) is 0 Å². The van der Waals surface area contributed by atoms with Crippen LogP contribution in [0.4, 0.5) is 5.00 Å². The van der Waals surface area contributed by atoms with Crippen LogP contribution in [0.15, 0.2) is 41.9 Å². The lowest BCUT2D eigenvalue weighted by molar-refractivity contribution is -0.142. The Morgan fingerprint density at radius 3 is 2.64 bits per heavy atom. The third-order valence-electron chi connectivity index (χ3n) is 4.43. The zero-order valence-electron chi connectivity index (χ0n) is 18.7. The maximum atomic E-state index is 12.4. The number of amides is 1. The highest BCUT2D eigenvalue weighted by molar-refractivity contribution is 7.15. The van der Waals surface area contributed by atoms with E-state index in [1.807, 2.05) is 43.5 Å². The van der Waals surface area contributed by atoms with Gasteiger partial charge >= 0.3 is 11.9 Å². The molecule has 0 spiro atoms. The lowest BCUT2D eigenvalue weighted by atomic mass is 10.0. The van der Waals surface area contributed by atoms with Crippen LogP contribution in [0.1, 0.15) is 42.4 Å². The molecule has 172 valence electrons. The van der Waals surface area contributed by atoms with Crippen molar-refractivity contribution in [1.82, 2.24) is 9.97 Å². The number of para-hydroxylation sites is 2. The van der Waals surface area contributed by atoms with Crippen LogP contribution in [0.5, 0.6) is 0 Å². The number of hydrogen-bond donors (Lipinski definition) is 1. The number of carbonyl (C=O) groups is 3. The number of rotatable bonds is 9. The fourth-order valence-corrected chi connectivity index (χ4v) is 4.03. The molecular weight excluding hydrogens is 442 g/mol. The van der Waals surface area contributed by atoms with Gasteiger partial charge in [-0.05, 0) is 48.4 Å². The Kier molecular flexibility index (Phi) is 8.26. The summed E-state index contributed by atoms with van der Waals surface area (Å²) in [6, 6.07) is 7.38. The molecule has 0 aliphatic heterocycles. The van der Waals surface area contributed by atoms with Crippen molar-refractivity contribution in [2.45, 2.75) is 27.2 Å². The lowest BCUT2D eigenvalue weighted by Crippen LogP contribution is -2.21. The molecule has 0 fully saturated rings. The molecule has 1 amide bonds. The average molecular weight is 468 g/mol. The molecule has 1 aromatic carbocycles. The van der Waals surface area contributed by atoms with Gasteiger partial charge in [-0.3, -0.25) is 9.78 Å². The van der Waals surface area contributed by atoms with Gasteiger partial charge in [0, 0.05) is 6.08 Å². The third-order valence-corrected chi connectivity index (χ3v) is 5.38. The molecule has 0 aliphatic carbocycles. The van der Waals surface area contributed by atoms with Gasteiger partial charge in [0.1, 0.15) is 5.00 Å². The van der Waals surface area contributed by atoms with E-state index in [1.165, 1.54) is 23.5 Å². The van der Waals surface area contributed by atoms with Crippen LogP contribution in [0.3, 0.4) is 0 Å². The van der Waals surface area contributed by atoms with Crippen LogP contribution in [0, 0.1) is 5.92 Å². The van der Waals surface area contributed by atoms with Crippen LogP contribution in [0.2, 0.25) is 0 Å². The zero-order chi connectivity index (χ0) is 23.8. The van der Waals surface area contributed by atoms with E-state index < -0.39 is 24.5 Å². The summed E-state index contributed by atoms with van der Waals surface area (Å²) in [5.74, 6) is -1.40. The molecule has 0 saturated carbocycles. The largest absolute Gasteiger partial charge is 0.462 e. The Balaban J connectivity index is 1.59. The van der Waals surface area contributed by atoms with Gasteiger partial charge in [0.2, 0.25) is 0 Å². The molecule has 0 radical (unpaired) electrons. The summed E-state index contributed by atoms with van der Waals surface area (Å²) >= 11 is 1.24. The molecule has 2 aromatic heterocycles. The number of aromatic nitrogens is 2. The SMILES string of the molecule is CCOC(=O)c1c(CC(C)C)csc1NC(=O)COC(=O)/C=C/c1cnc2ccccc2n1. The second kappa shape index (κ2) is 11.3. The van der Waals surface area contributed by atoms with E-state index in [0.717, 1.165) is 11.1 Å². The highest BCUT2D eigenvalue weighted by atomic mass is 32.1. The molecule has 3 rings (SSSR count). The molecule has 9 heteroatoms. The molecule has 33 heavy (non-hydrogen) atoms. The number of anilines is 1. The molecule has 3 aromatic rings. The lowest BCUT2D eigenvalue weighted by Gasteiger charge is -2.10. The van der Waals surface area contributed by atoms with E-state index in [4.69, 9.17) is 9.47 Å². The van der Waals surface area contributed by atoms with Crippen LogP contribution < -0.4 is 5.32 Å². The Morgan fingerprint density at radius 2 is 1.91 bits per heavy atom. The fourth-order valence-electron chi connectivity index (χ4n) is 3.06. The van der Waals surface area contributed by atoms with Crippen molar-refractivity contribution >= 4 is 51.3 Å². The van der Waals surface area contributed by atoms with E-state index in [2.05, 4.69) is 15.3 Å². The summed E-state index contributed by atoms with van der Waals surface area (Å²) in [4.78, 5) is 45.4. The Hall–Kier alpha value is -3.59. The zero-order valence-corrected chi connectivity index (χ0v) is 19.5. The summed E-state index contributed by atoms with van der Waals surface area (Å²) in [6.45, 7) is 5.55. The Morgan fingerprint density at radius 1 is 1.15 bits per heavy atom. The van der Waals surface area contributed by atoms with Crippen molar-refractivity contribution in [2.75, 3.05) is 18.5 Å². The van der Waals surface area contributed by atoms with Crippen LogP contribution in [0.25, 0.3) is 17.1 Å². The van der Waals surface area contributed by atoms with E-state index >= 15 is 0 Å². The summed E-state index contributed by atoms with van der Waals surface area (Å²) < 4.78 is 10.1. The molecule has 0 aliphatic rings. The monoisotopic (exact) mass is 467 g/mol. The van der Waals surface area contributed by atoms with Crippen LogP contribution in [-0.4, -0.2) is 41.0 Å². The van der Waals surface area contributed by atoms with Crippen molar-refractivity contribution in [2.24, 2.45) is 5.92 Å². The van der Waals surface area contributed by atoms with Gasteiger partial charge in [-0.25, -0.2) is 14.6 Å². The van der Waals surface area contributed by atoms with Crippen molar-refractivity contribution < 1.29 is 23.9 Å². The minimum atomic E-state index is -0.697. The number of carbonyl (C=O) groups excluding carboxylic acids is 3. The van der Waals surface area contributed by atoms with E-state index in [0.29, 0.717) is 34.1 Å². The van der Waals surface area contributed by atoms with Crippen molar-refractivity contribution in [3.05, 3.63) is 58.7 Å². The highest BCUT2D eigenvalue weighted by Crippen LogP contribution is 2.31. The van der Waals surface area contributed by atoms with E-state index in [9.17, 15) is 14.4 Å². The van der Waals surface area contributed by atoms with Crippen molar-refractivity contribution in [1.29, 1.82) is 0 Å². The first kappa shape index (κ1) is 24.1. The highest BCUT2D eigenvalue weighted by Gasteiger charge is 2.22. The van der Waals surface area contributed by atoms with Gasteiger partial charge in [0.05, 0.1) is 35.1 Å². The summed E-state index contributed by atoms with van der Waals surface area (Å²) in [5, 5.41) is 4.86. The van der Waals surface area contributed by atoms with Gasteiger partial charge in [-0.2, -0.15) is 0 Å². The van der Waals surface area contributed by atoms with Gasteiger partial charge in [-0.15, -0.1) is 11.3 Å². The van der Waals surface area contributed by atoms with Crippen molar-refractivity contribution in [3.8, 4) is 0 Å². The Labute approximate surface area is 195 Å². The van der Waals surface area contributed by atoms with Gasteiger partial charge in [0.25, 0.3) is 5.91 Å². The average Bonchev–Trinajstić information content (AvgIpc) is 3.17. The topological polar surface area (TPSA) is 107 Å². The Bertz CT molecular complexity index is 1190. The number of thiophene rings is 1. The summed E-state index contributed by atoms with van der Waals surface area (Å²) in [7, 11) is 0. The molecule has 8 nitrogen and oxygen atoms in total. The second-order valence-electron chi connectivity index (χ2n) is 7.56. The first-order valence-corrected chi connectivity index (χ1v) is 11.4. The number of hydrogen-bond acceptors (Lipinski definition) is 8. The smallest absolute Gasteiger partial charge is 0.341 e. The van der Waals surface area contributed by atoms with E-state index in [1.54, 1.807) is 13.1 Å². The normalized spacial score (nSPS) is 11.2. The number of fused-ring (bicyclic) bond motifs is 1. The number of ether oxygens (including phenoxy) is 2. The minimum Gasteiger partial charge on any atom is -0.462 e. The van der Waals surface area contributed by atoms with Gasteiger partial charge in [0.15, 0.2) is 6.61 Å². The maximum Gasteiger partial charge on any atom is 0.341 e. The number of nitrogens with zero attached hydrogens (tertiary/aromatic N) is 2. The van der Waals surface area contributed by atoms with E-state index in [-0.39, 0.29) is 6.61 Å². The standard InChI is InChI=1S/C24H25N3O5S/c1-4-31-24(30)22-16(11-15(2)3)14-33-23(22)27-20(28)13-32-21(29)10-9-17-12-25-18-7-5-6-8-19(18)26-17/h5-10,12,14-15H,4,11,13H2,1-3H3,(H,27,28)/b10-9+. The number of esters is 2. The predicted octanol–water partition coefficient (Wildman–Crippen LogP) is 4.26. The number of benzene rings is 1. The van der Waals surface area contributed by atoms with Gasteiger partial charge in [-0.1, -0.05) is 26.0 Å². The summed E-state index contributed by atoms with van der Waals surface area (Å²) in [6.07, 6.45) is 4.87. The first-order valence-electron chi connectivity index (χ1n) is 10.5. The molecule has 2 heterocycles. The molecule has 0 unspecified atom stereocenters. The van der Waals surface area contributed by atoms with Crippen LogP contribution >= 0.6 is 11.3 Å². The predicted molar refractivity (Wildman–Crippen MR) is 127 cm³/mol. The van der Waals surface area contributed by atoms with Crippen LogP contribution in [-0.2, 0) is 25.5 Å².